The maximum absolute atomic E-state index is 13.0. The molecule has 28 heavy (non-hydrogen) atoms. The van der Waals surface area contributed by atoms with Crippen LogP contribution in [0, 0.1) is 0 Å². The fourth-order valence-corrected chi connectivity index (χ4v) is 3.70. The molecule has 2 heterocycles. The lowest BCUT2D eigenvalue weighted by Crippen LogP contribution is -2.40. The van der Waals surface area contributed by atoms with E-state index in [-0.39, 0.29) is 23.5 Å². The monoisotopic (exact) mass is 390 g/mol. The van der Waals surface area contributed by atoms with Crippen molar-refractivity contribution < 1.29 is 27.5 Å². The number of hydrogen-bond acceptors (Lipinski definition) is 3. The van der Waals surface area contributed by atoms with E-state index in [1.165, 1.54) is 24.1 Å². The van der Waals surface area contributed by atoms with Gasteiger partial charge in [0.05, 0.1) is 22.9 Å². The Morgan fingerprint density at radius 3 is 2.57 bits per heavy atom. The first-order valence-electron chi connectivity index (χ1n) is 8.74. The van der Waals surface area contributed by atoms with Gasteiger partial charge in [0.2, 0.25) is 5.91 Å². The highest BCUT2D eigenvalue weighted by Crippen LogP contribution is 2.35. The number of nitrogens with one attached hydrogen (secondary N) is 1. The molecule has 5 nitrogen and oxygen atoms in total. The Morgan fingerprint density at radius 2 is 1.86 bits per heavy atom. The summed E-state index contributed by atoms with van der Waals surface area (Å²) in [4.78, 5) is 27.0. The number of halogens is 3. The Morgan fingerprint density at radius 1 is 1.11 bits per heavy atom. The molecule has 2 aliphatic heterocycles. The molecule has 4 rings (SSSR count). The van der Waals surface area contributed by atoms with Crippen LogP contribution < -0.4 is 5.32 Å². The molecule has 2 aromatic rings. The van der Waals surface area contributed by atoms with E-state index in [0.29, 0.717) is 29.8 Å². The molecule has 146 valence electrons. The second-order valence-corrected chi connectivity index (χ2v) is 6.89. The van der Waals surface area contributed by atoms with Crippen LogP contribution in [0.5, 0.6) is 0 Å². The molecule has 0 saturated carbocycles. The van der Waals surface area contributed by atoms with Crippen molar-refractivity contribution in [3.63, 3.8) is 0 Å². The molecule has 0 aromatic heterocycles. The van der Waals surface area contributed by atoms with Crippen LogP contribution in [-0.4, -0.2) is 42.5 Å². The molecular formula is C20H17F3N2O3. The number of carbonyl (C=O) groups excluding carboxylic acids is 2. The summed E-state index contributed by atoms with van der Waals surface area (Å²) in [7, 11) is 1.53. The normalized spacial score (nSPS) is 21.8. The number of methoxy groups -OCH3 is 1. The van der Waals surface area contributed by atoms with Gasteiger partial charge in [0.25, 0.3) is 5.91 Å². The quantitative estimate of drug-likeness (QED) is 0.853. The average Bonchev–Trinajstić information content (AvgIpc) is 3.08. The number of amides is 2. The summed E-state index contributed by atoms with van der Waals surface area (Å²) in [5.41, 5.74) is 0.654. The van der Waals surface area contributed by atoms with Crippen LogP contribution in [0.15, 0.2) is 42.5 Å². The summed E-state index contributed by atoms with van der Waals surface area (Å²) < 4.78 is 44.3. The van der Waals surface area contributed by atoms with Gasteiger partial charge < -0.3 is 15.0 Å². The minimum atomic E-state index is -4.45. The Hall–Kier alpha value is -2.87. The van der Waals surface area contributed by atoms with E-state index in [0.717, 1.165) is 12.1 Å². The third-order valence-corrected chi connectivity index (χ3v) is 5.19. The van der Waals surface area contributed by atoms with Crippen molar-refractivity contribution in [2.45, 2.75) is 24.7 Å². The van der Waals surface area contributed by atoms with Gasteiger partial charge in [0.1, 0.15) is 6.04 Å². The van der Waals surface area contributed by atoms with Crippen LogP contribution in [0.25, 0.3) is 11.1 Å². The number of hydrogen-bond donors (Lipinski definition) is 1. The van der Waals surface area contributed by atoms with E-state index in [9.17, 15) is 22.8 Å². The zero-order valence-electron chi connectivity index (χ0n) is 14.9. The number of ether oxygens (including phenoxy) is 1. The van der Waals surface area contributed by atoms with Crippen LogP contribution in [-0.2, 0) is 15.7 Å². The third-order valence-electron chi connectivity index (χ3n) is 5.19. The maximum atomic E-state index is 13.0. The molecular weight excluding hydrogens is 373 g/mol. The van der Waals surface area contributed by atoms with Gasteiger partial charge in [-0.2, -0.15) is 13.2 Å². The first kappa shape index (κ1) is 18.5. The van der Waals surface area contributed by atoms with Crippen LogP contribution >= 0.6 is 0 Å². The minimum absolute atomic E-state index is 0.229. The lowest BCUT2D eigenvalue weighted by Gasteiger charge is -2.20. The summed E-state index contributed by atoms with van der Waals surface area (Å²) in [6.45, 7) is 0.292. The van der Waals surface area contributed by atoms with Crippen LogP contribution in [0.1, 0.15) is 22.3 Å². The zero-order valence-corrected chi connectivity index (χ0v) is 14.9. The molecule has 1 saturated heterocycles. The molecule has 0 aliphatic carbocycles. The molecule has 2 atom stereocenters. The van der Waals surface area contributed by atoms with Gasteiger partial charge in [-0.05, 0) is 35.4 Å². The molecule has 2 aromatic carbocycles. The largest absolute Gasteiger partial charge is 0.416 e. The van der Waals surface area contributed by atoms with Crippen molar-refractivity contribution in [3.8, 4) is 11.1 Å². The molecule has 8 heteroatoms. The summed E-state index contributed by atoms with van der Waals surface area (Å²) in [5.74, 6) is -0.634. The predicted molar refractivity (Wildman–Crippen MR) is 95.7 cm³/mol. The molecule has 2 amide bonds. The summed E-state index contributed by atoms with van der Waals surface area (Å²) >= 11 is 0. The first-order valence-corrected chi connectivity index (χ1v) is 8.74. The van der Waals surface area contributed by atoms with Crippen molar-refractivity contribution in [2.75, 3.05) is 19.0 Å². The Labute approximate surface area is 159 Å². The molecule has 0 radical (unpaired) electrons. The molecule has 0 unspecified atom stereocenters. The predicted octanol–water partition coefficient (Wildman–Crippen LogP) is 3.55. The van der Waals surface area contributed by atoms with Gasteiger partial charge in [-0.25, -0.2) is 0 Å². The topological polar surface area (TPSA) is 58.6 Å². The summed E-state index contributed by atoms with van der Waals surface area (Å²) in [6.07, 6.45) is -4.28. The van der Waals surface area contributed by atoms with Crippen LogP contribution in [0.3, 0.4) is 0 Å². The summed E-state index contributed by atoms with van der Waals surface area (Å²) in [6, 6.07) is 8.97. The Balaban J connectivity index is 1.74. The molecule has 0 spiro atoms. The van der Waals surface area contributed by atoms with Gasteiger partial charge in [-0.1, -0.05) is 18.2 Å². The van der Waals surface area contributed by atoms with E-state index >= 15 is 0 Å². The van der Waals surface area contributed by atoms with Gasteiger partial charge in [0.15, 0.2) is 0 Å². The second-order valence-electron chi connectivity index (χ2n) is 6.89. The van der Waals surface area contributed by atoms with Gasteiger partial charge in [-0.3, -0.25) is 9.59 Å². The molecule has 0 bridgehead atoms. The Kier molecular flexibility index (Phi) is 4.38. The average molecular weight is 390 g/mol. The number of carbonyl (C=O) groups is 2. The minimum Gasteiger partial charge on any atom is -0.380 e. The smallest absolute Gasteiger partial charge is 0.380 e. The standard InChI is InChI=1S/C20H17F3N2O3/c1-28-14-9-17-18(26)24-16-6-5-12(8-15(16)19(27)25(17)10-14)11-3-2-4-13(7-11)20(21,22)23/h2-8,14,17H,9-10H2,1H3,(H,24,26)/t14-,17+/m1/s1. The van der Waals surface area contributed by atoms with Crippen LogP contribution in [0.4, 0.5) is 18.9 Å². The number of benzene rings is 2. The Bertz CT molecular complexity index is 958. The van der Waals surface area contributed by atoms with E-state index < -0.39 is 17.8 Å². The zero-order chi connectivity index (χ0) is 20.1. The molecule has 2 aliphatic rings. The van der Waals surface area contributed by atoms with Crippen LogP contribution in [0.2, 0.25) is 0 Å². The lowest BCUT2D eigenvalue weighted by molar-refractivity contribution is -0.137. The molecule has 1 N–H and O–H groups in total. The second kappa shape index (κ2) is 6.63. The highest BCUT2D eigenvalue weighted by molar-refractivity contribution is 6.10. The lowest BCUT2D eigenvalue weighted by atomic mass is 9.99. The van der Waals surface area contributed by atoms with Gasteiger partial charge >= 0.3 is 6.18 Å². The highest BCUT2D eigenvalue weighted by Gasteiger charge is 2.43. The van der Waals surface area contributed by atoms with Crippen molar-refractivity contribution >= 4 is 17.5 Å². The first-order chi connectivity index (χ1) is 13.3. The van der Waals surface area contributed by atoms with E-state index in [1.54, 1.807) is 18.2 Å². The number of fused-ring (bicyclic) bond motifs is 2. The maximum Gasteiger partial charge on any atom is 0.416 e. The number of alkyl halides is 3. The van der Waals surface area contributed by atoms with Crippen molar-refractivity contribution in [1.29, 1.82) is 0 Å². The SMILES string of the molecule is CO[C@@H]1C[C@H]2C(=O)Nc3ccc(-c4cccc(C(F)(F)F)c4)cc3C(=O)N2C1. The highest BCUT2D eigenvalue weighted by atomic mass is 19.4. The summed E-state index contributed by atoms with van der Waals surface area (Å²) in [5, 5.41) is 2.75. The van der Waals surface area contributed by atoms with Gasteiger partial charge in [0, 0.05) is 20.1 Å². The number of anilines is 1. The van der Waals surface area contributed by atoms with Crippen molar-refractivity contribution in [2.24, 2.45) is 0 Å². The fourth-order valence-electron chi connectivity index (χ4n) is 3.70. The van der Waals surface area contributed by atoms with E-state index in [2.05, 4.69) is 5.32 Å². The third kappa shape index (κ3) is 3.13. The molecule has 1 fully saturated rings. The van der Waals surface area contributed by atoms with Crippen molar-refractivity contribution in [3.05, 3.63) is 53.6 Å². The number of rotatable bonds is 2. The van der Waals surface area contributed by atoms with Crippen molar-refractivity contribution in [1.82, 2.24) is 4.90 Å². The van der Waals surface area contributed by atoms with E-state index in [4.69, 9.17) is 4.74 Å². The number of nitrogens with zero attached hydrogens (tertiary/aromatic N) is 1. The van der Waals surface area contributed by atoms with E-state index in [1.807, 2.05) is 0 Å². The fraction of sp³-hybridized carbons (Fsp3) is 0.300. The van der Waals surface area contributed by atoms with Gasteiger partial charge in [-0.15, -0.1) is 0 Å².